The topological polar surface area (TPSA) is 51.4 Å². The van der Waals surface area contributed by atoms with Crippen LogP contribution in [0.25, 0.3) is 0 Å². The fourth-order valence-electron chi connectivity index (χ4n) is 1.44. The van der Waals surface area contributed by atoms with Crippen molar-refractivity contribution in [1.29, 1.82) is 0 Å². The number of morpholine rings is 1. The van der Waals surface area contributed by atoms with Gasteiger partial charge in [-0.1, -0.05) is 0 Å². The van der Waals surface area contributed by atoms with Gasteiger partial charge in [0, 0.05) is 24.2 Å². The molecule has 14 heavy (non-hydrogen) atoms. The third kappa shape index (κ3) is 2.17. The maximum absolute atomic E-state index is 5.49. The average molecular weight is 211 g/mol. The van der Waals surface area contributed by atoms with Crippen LogP contribution in [0.5, 0.6) is 0 Å². The van der Waals surface area contributed by atoms with E-state index >= 15 is 0 Å². The number of hydrogen-bond donors (Lipinski definition) is 1. The third-order valence-electron chi connectivity index (χ3n) is 2.19. The summed E-state index contributed by atoms with van der Waals surface area (Å²) < 4.78 is 5.28. The molecule has 2 N–H and O–H groups in total. The molecular formula is C9H13N3OS. The number of nitrogens with two attached hydrogens (primary N) is 1. The maximum Gasteiger partial charge on any atom is 0.129 e. The van der Waals surface area contributed by atoms with Gasteiger partial charge in [0.05, 0.1) is 13.2 Å². The van der Waals surface area contributed by atoms with E-state index in [0.29, 0.717) is 0 Å². The molecule has 1 aliphatic heterocycles. The van der Waals surface area contributed by atoms with Crippen LogP contribution >= 0.6 is 11.9 Å². The highest BCUT2D eigenvalue weighted by molar-refractivity contribution is 7.97. The van der Waals surface area contributed by atoms with E-state index in [2.05, 4.69) is 9.88 Å². The Hall–Kier alpha value is -0.780. The zero-order valence-electron chi connectivity index (χ0n) is 7.85. The van der Waals surface area contributed by atoms with Gasteiger partial charge in [0.25, 0.3) is 0 Å². The molecule has 1 saturated heterocycles. The highest BCUT2D eigenvalue weighted by atomic mass is 32.2. The summed E-state index contributed by atoms with van der Waals surface area (Å²) in [7, 11) is 0. The van der Waals surface area contributed by atoms with Gasteiger partial charge in [-0.05, 0) is 24.1 Å². The van der Waals surface area contributed by atoms with Crippen molar-refractivity contribution in [3.05, 3.63) is 18.3 Å². The van der Waals surface area contributed by atoms with Gasteiger partial charge in [-0.15, -0.1) is 0 Å². The second-order valence-electron chi connectivity index (χ2n) is 3.07. The highest BCUT2D eigenvalue weighted by Gasteiger charge is 2.12. The molecule has 0 aliphatic carbocycles. The molecule has 5 heteroatoms. The van der Waals surface area contributed by atoms with Gasteiger partial charge in [-0.2, -0.15) is 0 Å². The largest absolute Gasteiger partial charge is 0.378 e. The van der Waals surface area contributed by atoms with Gasteiger partial charge < -0.3 is 9.64 Å². The summed E-state index contributed by atoms with van der Waals surface area (Å²) in [5, 5.41) is 5.49. The first kappa shape index (κ1) is 9.76. The molecule has 0 bridgehead atoms. The lowest BCUT2D eigenvalue weighted by atomic mass is 10.4. The Kier molecular flexibility index (Phi) is 3.23. The maximum atomic E-state index is 5.49. The number of hydrogen-bond acceptors (Lipinski definition) is 5. The molecule has 0 amide bonds. The minimum absolute atomic E-state index is 0.779. The summed E-state index contributed by atoms with van der Waals surface area (Å²) in [6.45, 7) is 3.38. The Morgan fingerprint density at radius 3 is 2.93 bits per heavy atom. The van der Waals surface area contributed by atoms with Gasteiger partial charge in [0.15, 0.2) is 0 Å². The molecule has 1 aromatic rings. The minimum atomic E-state index is 0.779. The second kappa shape index (κ2) is 4.63. The number of pyridine rings is 1. The van der Waals surface area contributed by atoms with Crippen LogP contribution in [0, 0.1) is 0 Å². The molecule has 1 aromatic heterocycles. The standard InChI is InChI=1S/C9H13N3OS/c10-14-8-1-2-11-9(7-8)12-3-5-13-6-4-12/h1-2,7H,3-6,10H2. The fraction of sp³-hybridized carbons (Fsp3) is 0.444. The molecule has 0 radical (unpaired) electrons. The zero-order valence-corrected chi connectivity index (χ0v) is 8.67. The first-order valence-corrected chi connectivity index (χ1v) is 5.43. The van der Waals surface area contributed by atoms with Crippen LogP contribution in [0.2, 0.25) is 0 Å². The van der Waals surface area contributed by atoms with E-state index < -0.39 is 0 Å². The van der Waals surface area contributed by atoms with Gasteiger partial charge in [0.2, 0.25) is 0 Å². The SMILES string of the molecule is NSc1ccnc(N2CCOCC2)c1. The van der Waals surface area contributed by atoms with E-state index in [1.54, 1.807) is 6.20 Å². The highest BCUT2D eigenvalue weighted by Crippen LogP contribution is 2.18. The van der Waals surface area contributed by atoms with Gasteiger partial charge in [0.1, 0.15) is 5.82 Å². The number of ether oxygens (including phenoxy) is 1. The molecule has 76 valence electrons. The van der Waals surface area contributed by atoms with E-state index in [1.807, 2.05) is 12.1 Å². The van der Waals surface area contributed by atoms with Crippen molar-refractivity contribution in [2.45, 2.75) is 4.90 Å². The second-order valence-corrected chi connectivity index (χ2v) is 3.77. The molecule has 2 heterocycles. The molecule has 0 atom stereocenters. The first-order valence-electron chi connectivity index (χ1n) is 4.55. The Morgan fingerprint density at radius 1 is 1.43 bits per heavy atom. The molecule has 0 aromatic carbocycles. The molecule has 1 aliphatic rings. The molecule has 0 unspecified atom stereocenters. The van der Waals surface area contributed by atoms with Crippen LogP contribution in [0.4, 0.5) is 5.82 Å². The molecule has 0 spiro atoms. The Bertz CT molecular complexity index is 302. The smallest absolute Gasteiger partial charge is 0.129 e. The van der Waals surface area contributed by atoms with Crippen LogP contribution in [0.1, 0.15) is 0 Å². The van der Waals surface area contributed by atoms with E-state index in [1.165, 1.54) is 11.9 Å². The van der Waals surface area contributed by atoms with Crippen molar-refractivity contribution in [3.63, 3.8) is 0 Å². The molecule has 1 fully saturated rings. The van der Waals surface area contributed by atoms with Gasteiger partial charge >= 0.3 is 0 Å². The fourth-order valence-corrected chi connectivity index (χ4v) is 1.75. The summed E-state index contributed by atoms with van der Waals surface area (Å²) >= 11 is 1.25. The number of anilines is 1. The first-order chi connectivity index (χ1) is 6.90. The molecule has 0 saturated carbocycles. The lowest BCUT2D eigenvalue weighted by Crippen LogP contribution is -2.36. The Labute approximate surface area is 87.6 Å². The van der Waals surface area contributed by atoms with E-state index in [9.17, 15) is 0 Å². The van der Waals surface area contributed by atoms with Crippen LogP contribution in [0.3, 0.4) is 0 Å². The molecule has 2 rings (SSSR count). The van der Waals surface area contributed by atoms with Crippen molar-refractivity contribution in [3.8, 4) is 0 Å². The number of rotatable bonds is 2. The summed E-state index contributed by atoms with van der Waals surface area (Å²) in [6, 6.07) is 3.92. The van der Waals surface area contributed by atoms with Gasteiger partial charge in [-0.3, -0.25) is 5.14 Å². The quantitative estimate of drug-likeness (QED) is 0.736. The van der Waals surface area contributed by atoms with Crippen LogP contribution < -0.4 is 10.0 Å². The van der Waals surface area contributed by atoms with Crippen molar-refractivity contribution in [1.82, 2.24) is 4.98 Å². The van der Waals surface area contributed by atoms with E-state index in [4.69, 9.17) is 9.88 Å². The minimum Gasteiger partial charge on any atom is -0.378 e. The predicted molar refractivity (Wildman–Crippen MR) is 57.3 cm³/mol. The summed E-state index contributed by atoms with van der Waals surface area (Å²) in [6.07, 6.45) is 1.79. The average Bonchev–Trinajstić information content (AvgIpc) is 2.30. The van der Waals surface area contributed by atoms with Crippen LogP contribution in [-0.4, -0.2) is 31.3 Å². The van der Waals surface area contributed by atoms with Crippen molar-refractivity contribution in [2.24, 2.45) is 5.14 Å². The van der Waals surface area contributed by atoms with E-state index in [0.717, 1.165) is 37.0 Å². The molecular weight excluding hydrogens is 198 g/mol. The number of aromatic nitrogens is 1. The molecule has 4 nitrogen and oxygen atoms in total. The summed E-state index contributed by atoms with van der Waals surface area (Å²) in [5.41, 5.74) is 0. The normalized spacial score (nSPS) is 17.1. The predicted octanol–water partition coefficient (Wildman–Crippen LogP) is 0.884. The summed E-state index contributed by atoms with van der Waals surface area (Å²) in [5.74, 6) is 0.990. The summed E-state index contributed by atoms with van der Waals surface area (Å²) in [4.78, 5) is 7.57. The van der Waals surface area contributed by atoms with Gasteiger partial charge in [-0.25, -0.2) is 4.98 Å². The van der Waals surface area contributed by atoms with E-state index in [-0.39, 0.29) is 0 Å². The van der Waals surface area contributed by atoms with Crippen LogP contribution in [-0.2, 0) is 4.74 Å². The van der Waals surface area contributed by atoms with Crippen molar-refractivity contribution in [2.75, 3.05) is 31.2 Å². The lowest BCUT2D eigenvalue weighted by molar-refractivity contribution is 0.122. The zero-order chi connectivity index (χ0) is 9.80. The Balaban J connectivity index is 2.13. The monoisotopic (exact) mass is 211 g/mol. The van der Waals surface area contributed by atoms with Crippen LogP contribution in [0.15, 0.2) is 23.2 Å². The van der Waals surface area contributed by atoms with Crippen molar-refractivity contribution >= 4 is 17.8 Å². The third-order valence-corrected chi connectivity index (χ3v) is 2.71. The Morgan fingerprint density at radius 2 is 2.21 bits per heavy atom. The number of nitrogens with zero attached hydrogens (tertiary/aromatic N) is 2. The van der Waals surface area contributed by atoms with Crippen molar-refractivity contribution < 1.29 is 4.74 Å². The lowest BCUT2D eigenvalue weighted by Gasteiger charge is -2.27.